The van der Waals surface area contributed by atoms with Crippen LogP contribution in [0.4, 0.5) is 11.5 Å². The predicted molar refractivity (Wildman–Crippen MR) is 93.6 cm³/mol. The van der Waals surface area contributed by atoms with E-state index in [1.54, 1.807) is 6.33 Å². The van der Waals surface area contributed by atoms with E-state index in [1.807, 2.05) is 7.05 Å². The van der Waals surface area contributed by atoms with Gasteiger partial charge in [0.2, 0.25) is 0 Å². The minimum absolute atomic E-state index is 0.853. The molecule has 0 aliphatic rings. The van der Waals surface area contributed by atoms with Gasteiger partial charge in [0.05, 0.1) is 5.52 Å². The molecule has 0 atom stereocenters. The molecule has 0 bridgehead atoms. The fourth-order valence-corrected chi connectivity index (χ4v) is 2.91. The summed E-state index contributed by atoms with van der Waals surface area (Å²) in [4.78, 5) is 10.8. The first kappa shape index (κ1) is 14.3. The SMILES string of the molecule is CNc1ncnc2ccc(-c3cccc(C)c3N(C)C)cc12. The van der Waals surface area contributed by atoms with Crippen LogP contribution in [0.3, 0.4) is 0 Å². The maximum absolute atomic E-state index is 4.34. The second-order valence-electron chi connectivity index (χ2n) is 5.57. The Balaban J connectivity index is 2.25. The van der Waals surface area contributed by atoms with Gasteiger partial charge in [-0.1, -0.05) is 24.3 Å². The van der Waals surface area contributed by atoms with Crippen LogP contribution in [-0.2, 0) is 0 Å². The molecule has 1 N–H and O–H groups in total. The van der Waals surface area contributed by atoms with E-state index in [1.165, 1.54) is 22.4 Å². The number of aromatic nitrogens is 2. The van der Waals surface area contributed by atoms with E-state index < -0.39 is 0 Å². The van der Waals surface area contributed by atoms with Crippen LogP contribution >= 0.6 is 0 Å². The highest BCUT2D eigenvalue weighted by atomic mass is 15.1. The van der Waals surface area contributed by atoms with Crippen LogP contribution in [0.2, 0.25) is 0 Å². The van der Waals surface area contributed by atoms with Gasteiger partial charge in [0.1, 0.15) is 12.1 Å². The number of hydrogen-bond donors (Lipinski definition) is 1. The first-order chi connectivity index (χ1) is 10.6. The Bertz CT molecular complexity index is 824. The lowest BCUT2D eigenvalue weighted by atomic mass is 9.98. The number of fused-ring (bicyclic) bond motifs is 1. The third-order valence-electron chi connectivity index (χ3n) is 3.87. The molecule has 22 heavy (non-hydrogen) atoms. The number of para-hydroxylation sites is 1. The average Bonchev–Trinajstić information content (AvgIpc) is 2.53. The van der Waals surface area contributed by atoms with E-state index in [4.69, 9.17) is 0 Å². The molecule has 0 spiro atoms. The largest absolute Gasteiger partial charge is 0.377 e. The molecule has 0 fully saturated rings. The van der Waals surface area contributed by atoms with Crippen molar-refractivity contribution in [3.05, 3.63) is 48.3 Å². The Morgan fingerprint density at radius 1 is 1.05 bits per heavy atom. The van der Waals surface area contributed by atoms with Gasteiger partial charge in [0.15, 0.2) is 0 Å². The molecule has 4 nitrogen and oxygen atoms in total. The van der Waals surface area contributed by atoms with Crippen LogP contribution in [-0.4, -0.2) is 31.1 Å². The molecule has 0 saturated heterocycles. The first-order valence-electron chi connectivity index (χ1n) is 7.31. The molecule has 0 unspecified atom stereocenters. The van der Waals surface area contributed by atoms with Crippen molar-refractivity contribution >= 4 is 22.4 Å². The van der Waals surface area contributed by atoms with Crippen molar-refractivity contribution in [3.63, 3.8) is 0 Å². The summed E-state index contributed by atoms with van der Waals surface area (Å²) >= 11 is 0. The molecule has 112 valence electrons. The number of nitrogens with zero attached hydrogens (tertiary/aromatic N) is 3. The van der Waals surface area contributed by atoms with Crippen molar-refractivity contribution < 1.29 is 0 Å². The van der Waals surface area contributed by atoms with Crippen molar-refractivity contribution in [1.82, 2.24) is 9.97 Å². The van der Waals surface area contributed by atoms with E-state index in [9.17, 15) is 0 Å². The molecule has 4 heteroatoms. The van der Waals surface area contributed by atoms with Gasteiger partial charge in [-0.2, -0.15) is 0 Å². The quantitative estimate of drug-likeness (QED) is 0.799. The van der Waals surface area contributed by atoms with E-state index in [-0.39, 0.29) is 0 Å². The molecule has 0 aliphatic carbocycles. The summed E-state index contributed by atoms with van der Waals surface area (Å²) in [5.41, 5.74) is 5.84. The third-order valence-corrected chi connectivity index (χ3v) is 3.87. The zero-order valence-electron chi connectivity index (χ0n) is 13.4. The Morgan fingerprint density at radius 2 is 1.86 bits per heavy atom. The zero-order chi connectivity index (χ0) is 15.7. The molecule has 1 heterocycles. The molecular weight excluding hydrogens is 272 g/mol. The maximum Gasteiger partial charge on any atom is 0.137 e. The van der Waals surface area contributed by atoms with Gasteiger partial charge in [-0.15, -0.1) is 0 Å². The van der Waals surface area contributed by atoms with Crippen LogP contribution in [0.1, 0.15) is 5.56 Å². The molecule has 0 radical (unpaired) electrons. The summed E-state index contributed by atoms with van der Waals surface area (Å²) < 4.78 is 0. The average molecular weight is 292 g/mol. The van der Waals surface area contributed by atoms with Crippen molar-refractivity contribution in [2.24, 2.45) is 0 Å². The minimum Gasteiger partial charge on any atom is -0.377 e. The van der Waals surface area contributed by atoms with E-state index in [2.05, 4.69) is 77.6 Å². The Labute approximate surface area is 130 Å². The lowest BCUT2D eigenvalue weighted by molar-refractivity contribution is 1.12. The maximum atomic E-state index is 4.34. The Kier molecular flexibility index (Phi) is 3.67. The van der Waals surface area contributed by atoms with E-state index >= 15 is 0 Å². The monoisotopic (exact) mass is 292 g/mol. The standard InChI is InChI=1S/C18H20N4/c1-12-6-5-7-14(17(12)22(3)4)13-8-9-16-15(10-13)18(19-2)21-11-20-16/h5-11H,1-4H3,(H,19,20,21). The Hall–Kier alpha value is -2.62. The van der Waals surface area contributed by atoms with Gasteiger partial charge in [-0.25, -0.2) is 9.97 Å². The molecule has 0 amide bonds. The van der Waals surface area contributed by atoms with Crippen molar-refractivity contribution in [2.45, 2.75) is 6.92 Å². The number of benzene rings is 2. The lowest BCUT2D eigenvalue weighted by Crippen LogP contribution is -2.11. The molecule has 0 saturated carbocycles. The fraction of sp³-hybridized carbons (Fsp3) is 0.222. The second kappa shape index (κ2) is 5.64. The van der Waals surface area contributed by atoms with Gasteiger partial charge in [0, 0.05) is 37.8 Å². The summed E-state index contributed by atoms with van der Waals surface area (Å²) in [5, 5.41) is 4.17. The predicted octanol–water partition coefficient (Wildman–Crippen LogP) is 3.71. The smallest absolute Gasteiger partial charge is 0.137 e. The first-order valence-corrected chi connectivity index (χ1v) is 7.31. The van der Waals surface area contributed by atoms with E-state index in [0.29, 0.717) is 0 Å². The van der Waals surface area contributed by atoms with Crippen LogP contribution in [0.5, 0.6) is 0 Å². The second-order valence-corrected chi connectivity index (χ2v) is 5.57. The van der Waals surface area contributed by atoms with Gasteiger partial charge in [-0.05, 0) is 30.2 Å². The van der Waals surface area contributed by atoms with Crippen LogP contribution in [0, 0.1) is 6.92 Å². The summed E-state index contributed by atoms with van der Waals surface area (Å²) in [7, 11) is 6.04. The molecule has 2 aromatic carbocycles. The summed E-state index contributed by atoms with van der Waals surface area (Å²) in [6.45, 7) is 2.14. The Morgan fingerprint density at radius 3 is 2.59 bits per heavy atom. The van der Waals surface area contributed by atoms with Crippen LogP contribution in [0.25, 0.3) is 22.0 Å². The molecule has 1 aromatic heterocycles. The summed E-state index contributed by atoms with van der Waals surface area (Å²) in [6, 6.07) is 12.7. The van der Waals surface area contributed by atoms with Gasteiger partial charge >= 0.3 is 0 Å². The van der Waals surface area contributed by atoms with Crippen LogP contribution in [0.15, 0.2) is 42.7 Å². The molecule has 3 aromatic rings. The lowest BCUT2D eigenvalue weighted by Gasteiger charge is -2.20. The summed E-state index contributed by atoms with van der Waals surface area (Å²) in [6.07, 6.45) is 1.59. The highest BCUT2D eigenvalue weighted by Crippen LogP contribution is 2.34. The third kappa shape index (κ3) is 2.37. The molecular formula is C18H20N4. The summed E-state index contributed by atoms with van der Waals surface area (Å²) in [5.74, 6) is 0.853. The van der Waals surface area contributed by atoms with Crippen molar-refractivity contribution in [3.8, 4) is 11.1 Å². The highest BCUT2D eigenvalue weighted by molar-refractivity contribution is 5.94. The molecule has 0 aliphatic heterocycles. The number of aryl methyl sites for hydroxylation is 1. The van der Waals surface area contributed by atoms with Crippen molar-refractivity contribution in [2.75, 3.05) is 31.4 Å². The fourth-order valence-electron chi connectivity index (χ4n) is 2.91. The van der Waals surface area contributed by atoms with Crippen LogP contribution < -0.4 is 10.2 Å². The number of hydrogen-bond acceptors (Lipinski definition) is 4. The van der Waals surface area contributed by atoms with E-state index in [0.717, 1.165) is 16.7 Å². The van der Waals surface area contributed by atoms with Gasteiger partial charge in [-0.3, -0.25) is 0 Å². The van der Waals surface area contributed by atoms with Crippen molar-refractivity contribution in [1.29, 1.82) is 0 Å². The number of anilines is 2. The minimum atomic E-state index is 0.853. The zero-order valence-corrected chi connectivity index (χ0v) is 13.4. The van der Waals surface area contributed by atoms with Gasteiger partial charge < -0.3 is 10.2 Å². The normalized spacial score (nSPS) is 10.7. The highest BCUT2D eigenvalue weighted by Gasteiger charge is 2.11. The number of rotatable bonds is 3. The topological polar surface area (TPSA) is 41.1 Å². The van der Waals surface area contributed by atoms with Gasteiger partial charge in [0.25, 0.3) is 0 Å². The molecule has 3 rings (SSSR count). The number of nitrogens with one attached hydrogen (secondary N) is 1.